The lowest BCUT2D eigenvalue weighted by atomic mass is 10.2. The van der Waals surface area contributed by atoms with E-state index in [4.69, 9.17) is 14.6 Å². The van der Waals surface area contributed by atoms with E-state index in [1.54, 1.807) is 6.08 Å². The van der Waals surface area contributed by atoms with E-state index in [0.29, 0.717) is 12.4 Å². The van der Waals surface area contributed by atoms with E-state index >= 15 is 0 Å². The molecule has 2 rings (SSSR count). The molecular formula is C21H25FO8. The van der Waals surface area contributed by atoms with Crippen LogP contribution in [0.3, 0.4) is 0 Å². The second-order valence-corrected chi connectivity index (χ2v) is 5.36. The Hall–Kier alpha value is -4.01. The van der Waals surface area contributed by atoms with Gasteiger partial charge in [-0.3, -0.25) is 4.70 Å². The molecule has 0 aliphatic carbocycles. The molecule has 0 amide bonds. The monoisotopic (exact) mass is 426 g/mol. The van der Waals surface area contributed by atoms with Gasteiger partial charge >= 0.3 is 11.9 Å². The highest BCUT2D eigenvalue weighted by atomic mass is 19.0. The van der Waals surface area contributed by atoms with Crippen molar-refractivity contribution in [3.05, 3.63) is 72.8 Å². The standard InChI is InChI=1S/C11H12O4.C10H10O4.FH.H2/c1-3-6-15-10-5-4-8(7-9(10)12)11(13)14-2;1-2-5-14-9-4-3-7(10(12)13)6-8(9)11;;/h3-5,7,12H,1,6H2,2H3;2-4,6,11H,1,5H2,(H,12,13);2*1H/i;;;1+2. The summed E-state index contributed by atoms with van der Waals surface area (Å²) in [6.45, 7) is 7.49. The first-order chi connectivity index (χ1) is 13.8. The maximum Gasteiger partial charge on any atom is 0.337 e. The number of esters is 1. The Balaban J connectivity index is 0. The van der Waals surface area contributed by atoms with Crippen LogP contribution >= 0.6 is 0 Å². The van der Waals surface area contributed by atoms with Crippen LogP contribution in [0, 0.1) is 0 Å². The summed E-state index contributed by atoms with van der Waals surface area (Å²) < 4.78 is 14.7. The normalized spacial score (nSPS) is 9.10. The maximum atomic E-state index is 11.1. The first kappa shape index (κ1) is 26.0. The number of benzene rings is 2. The minimum atomic E-state index is -1.09. The zero-order chi connectivity index (χ0) is 21.8. The summed E-state index contributed by atoms with van der Waals surface area (Å²) in [5.41, 5.74) is 0.300. The second kappa shape index (κ2) is 13.2. The number of carbonyl (C=O) groups excluding carboxylic acids is 1. The van der Waals surface area contributed by atoms with Crippen LogP contribution in [0.15, 0.2) is 61.7 Å². The van der Waals surface area contributed by atoms with Crippen molar-refractivity contribution in [3.8, 4) is 23.0 Å². The van der Waals surface area contributed by atoms with Crippen LogP contribution in [-0.4, -0.2) is 47.6 Å². The predicted octanol–water partition coefficient (Wildman–Crippen LogP) is 3.80. The van der Waals surface area contributed by atoms with Gasteiger partial charge in [0.05, 0.1) is 18.2 Å². The van der Waals surface area contributed by atoms with Gasteiger partial charge in [0.2, 0.25) is 0 Å². The zero-order valence-corrected chi connectivity index (χ0v) is 16.2. The quantitative estimate of drug-likeness (QED) is 0.430. The van der Waals surface area contributed by atoms with Gasteiger partial charge in [0.1, 0.15) is 13.2 Å². The number of phenols is 2. The largest absolute Gasteiger partial charge is 0.504 e. The van der Waals surface area contributed by atoms with Gasteiger partial charge in [0, 0.05) is 1.43 Å². The summed E-state index contributed by atoms with van der Waals surface area (Å²) in [4.78, 5) is 21.6. The lowest BCUT2D eigenvalue weighted by Gasteiger charge is -2.06. The average molecular weight is 426 g/mol. The molecule has 0 atom stereocenters. The molecule has 9 heteroatoms. The summed E-state index contributed by atoms with van der Waals surface area (Å²) in [6.07, 6.45) is 3.10. The molecule has 164 valence electrons. The minimum Gasteiger partial charge on any atom is -0.504 e. The molecule has 0 aliphatic heterocycles. The summed E-state index contributed by atoms with van der Waals surface area (Å²) in [5.74, 6) is -1.32. The first-order valence-electron chi connectivity index (χ1n) is 8.29. The number of hydrogen-bond acceptors (Lipinski definition) is 7. The minimum absolute atomic E-state index is 0. The fourth-order valence-corrected chi connectivity index (χ4v) is 1.95. The van der Waals surface area contributed by atoms with Gasteiger partial charge in [0.25, 0.3) is 0 Å². The number of halogens is 1. The van der Waals surface area contributed by atoms with Crippen LogP contribution in [0.1, 0.15) is 22.1 Å². The molecular weight excluding hydrogens is 399 g/mol. The predicted molar refractivity (Wildman–Crippen MR) is 111 cm³/mol. The van der Waals surface area contributed by atoms with Crippen molar-refractivity contribution in [1.82, 2.24) is 0 Å². The molecule has 2 aromatic rings. The van der Waals surface area contributed by atoms with Gasteiger partial charge in [-0.05, 0) is 36.4 Å². The molecule has 0 aliphatic rings. The van der Waals surface area contributed by atoms with Crippen molar-refractivity contribution in [1.29, 1.82) is 0 Å². The Kier molecular flexibility index (Phi) is 11.4. The number of carboxylic acid groups (broad SMARTS) is 1. The van der Waals surface area contributed by atoms with Crippen LogP contribution in [0.4, 0.5) is 4.70 Å². The van der Waals surface area contributed by atoms with Crippen LogP contribution in [0.2, 0.25) is 0 Å². The highest BCUT2D eigenvalue weighted by molar-refractivity contribution is 5.90. The summed E-state index contributed by atoms with van der Waals surface area (Å²) in [5, 5.41) is 27.4. The number of phenolic OH excluding ortho intramolecular Hbond substituents is 2. The van der Waals surface area contributed by atoms with E-state index in [9.17, 15) is 19.8 Å². The van der Waals surface area contributed by atoms with E-state index in [-0.39, 0.29) is 41.1 Å². The second-order valence-electron chi connectivity index (χ2n) is 5.36. The molecule has 8 nitrogen and oxygen atoms in total. The molecule has 0 spiro atoms. The third kappa shape index (κ3) is 7.93. The van der Waals surface area contributed by atoms with Gasteiger partial charge in [0.15, 0.2) is 23.0 Å². The van der Waals surface area contributed by atoms with Crippen molar-refractivity contribution >= 4 is 11.9 Å². The molecule has 0 bridgehead atoms. The zero-order valence-electron chi connectivity index (χ0n) is 16.2. The third-order valence-electron chi connectivity index (χ3n) is 3.30. The van der Waals surface area contributed by atoms with Crippen LogP contribution in [0.5, 0.6) is 23.0 Å². The Bertz CT molecular complexity index is 886. The molecule has 30 heavy (non-hydrogen) atoms. The number of hydrogen-bond donors (Lipinski definition) is 3. The van der Waals surface area contributed by atoms with E-state index < -0.39 is 11.9 Å². The van der Waals surface area contributed by atoms with Crippen molar-refractivity contribution < 1.29 is 45.3 Å². The number of aromatic carboxylic acids is 1. The first-order valence-corrected chi connectivity index (χ1v) is 8.29. The Morgan fingerprint density at radius 2 is 1.37 bits per heavy atom. The van der Waals surface area contributed by atoms with E-state index in [0.717, 1.165) is 6.07 Å². The summed E-state index contributed by atoms with van der Waals surface area (Å²) in [7, 11) is 1.28. The smallest absolute Gasteiger partial charge is 0.337 e. The van der Waals surface area contributed by atoms with Crippen molar-refractivity contribution in [3.63, 3.8) is 0 Å². The molecule has 0 aromatic heterocycles. The lowest BCUT2D eigenvalue weighted by Crippen LogP contribution is -2.01. The molecule has 0 fully saturated rings. The van der Waals surface area contributed by atoms with Crippen molar-refractivity contribution in [2.24, 2.45) is 0 Å². The highest BCUT2D eigenvalue weighted by Gasteiger charge is 2.09. The fraction of sp³-hybridized carbons (Fsp3) is 0.143. The molecule has 0 unspecified atom stereocenters. The van der Waals surface area contributed by atoms with Crippen LogP contribution in [0.25, 0.3) is 0 Å². The molecule has 0 radical (unpaired) electrons. The number of rotatable bonds is 8. The third-order valence-corrected chi connectivity index (χ3v) is 3.30. The van der Waals surface area contributed by atoms with Gasteiger partial charge in [-0.1, -0.05) is 25.3 Å². The molecule has 0 heterocycles. The van der Waals surface area contributed by atoms with Crippen LogP contribution < -0.4 is 9.47 Å². The van der Waals surface area contributed by atoms with Gasteiger partial charge in [-0.25, -0.2) is 9.59 Å². The van der Waals surface area contributed by atoms with Crippen molar-refractivity contribution in [2.75, 3.05) is 20.3 Å². The molecule has 0 saturated carbocycles. The lowest BCUT2D eigenvalue weighted by molar-refractivity contribution is 0.0599. The van der Waals surface area contributed by atoms with Gasteiger partial charge in [-0.2, -0.15) is 0 Å². The Morgan fingerprint density at radius 1 is 0.933 bits per heavy atom. The number of carbonyl (C=O) groups is 2. The Morgan fingerprint density at radius 3 is 1.73 bits per heavy atom. The SMILES string of the molecule is C=CCOc1ccc(C(=O)O)cc1O.C=CCOc1ccc(C(=O)OC)cc1O.F.[3HH]. The topological polar surface area (TPSA) is 123 Å². The molecule has 3 N–H and O–H groups in total. The number of carboxylic acids is 1. The number of aromatic hydroxyl groups is 2. The average Bonchev–Trinajstić information content (AvgIpc) is 2.71. The molecule has 0 saturated heterocycles. The molecule has 2 aromatic carbocycles. The Labute approximate surface area is 174 Å². The van der Waals surface area contributed by atoms with E-state index in [1.165, 1.54) is 43.5 Å². The number of methoxy groups -OCH3 is 1. The van der Waals surface area contributed by atoms with E-state index in [1.807, 2.05) is 0 Å². The van der Waals surface area contributed by atoms with Crippen LogP contribution in [-0.2, 0) is 4.74 Å². The van der Waals surface area contributed by atoms with Gasteiger partial charge in [-0.15, -0.1) is 0 Å². The highest BCUT2D eigenvalue weighted by Crippen LogP contribution is 2.27. The van der Waals surface area contributed by atoms with Crippen molar-refractivity contribution in [2.45, 2.75) is 0 Å². The number of ether oxygens (including phenoxy) is 3. The summed E-state index contributed by atoms with van der Waals surface area (Å²) >= 11 is 0. The van der Waals surface area contributed by atoms with E-state index in [2.05, 4.69) is 17.9 Å². The fourth-order valence-electron chi connectivity index (χ4n) is 1.95. The van der Waals surface area contributed by atoms with Gasteiger partial charge < -0.3 is 29.5 Å². The maximum absolute atomic E-state index is 11.1. The summed E-state index contributed by atoms with van der Waals surface area (Å²) in [6, 6.07) is 8.23.